The average Bonchev–Trinajstić information content (AvgIpc) is 2.77. The Morgan fingerprint density at radius 1 is 1.16 bits per heavy atom. The lowest BCUT2D eigenvalue weighted by Crippen LogP contribution is -2.27. The molecule has 1 atom stereocenters. The van der Waals surface area contributed by atoms with Crippen LogP contribution in [0.25, 0.3) is 0 Å². The number of carbonyl (C=O) groups excluding carboxylic acids is 2. The van der Waals surface area contributed by atoms with Crippen LogP contribution in [0.5, 0.6) is 0 Å². The molecule has 0 saturated heterocycles. The predicted octanol–water partition coefficient (Wildman–Crippen LogP) is 4.50. The minimum Gasteiger partial charge on any atom is -0.353 e. The molecule has 31 heavy (non-hydrogen) atoms. The van der Waals surface area contributed by atoms with Crippen LogP contribution >= 0.6 is 11.8 Å². The molecule has 0 aromatic heterocycles. The number of nitro groups is 1. The summed E-state index contributed by atoms with van der Waals surface area (Å²) in [7, 11) is 0. The molecule has 2 aromatic carbocycles. The van der Waals surface area contributed by atoms with Gasteiger partial charge in [-0.15, -0.1) is 0 Å². The van der Waals surface area contributed by atoms with Crippen molar-refractivity contribution in [3.63, 3.8) is 0 Å². The highest BCUT2D eigenvalue weighted by molar-refractivity contribution is 8.03. The average molecular weight is 433 g/mol. The summed E-state index contributed by atoms with van der Waals surface area (Å²) >= 11 is 1.18. The van der Waals surface area contributed by atoms with E-state index in [9.17, 15) is 25.0 Å². The van der Waals surface area contributed by atoms with Gasteiger partial charge in [-0.2, -0.15) is 5.26 Å². The van der Waals surface area contributed by atoms with Crippen molar-refractivity contribution in [1.82, 2.24) is 5.32 Å². The lowest BCUT2D eigenvalue weighted by Gasteiger charge is -2.29. The second kappa shape index (κ2) is 9.41. The van der Waals surface area contributed by atoms with Crippen molar-refractivity contribution in [1.29, 1.82) is 5.26 Å². The van der Waals surface area contributed by atoms with E-state index < -0.39 is 10.8 Å². The van der Waals surface area contributed by atoms with E-state index in [-0.39, 0.29) is 23.0 Å². The first-order valence-corrected chi connectivity index (χ1v) is 10.4. The van der Waals surface area contributed by atoms with Gasteiger partial charge in [-0.1, -0.05) is 42.1 Å². The maximum absolute atomic E-state index is 12.6. The Labute approximate surface area is 183 Å². The number of non-ortho nitro benzene ring substituents is 1. The molecule has 0 fully saturated rings. The normalized spacial score (nSPS) is 15.8. The van der Waals surface area contributed by atoms with Crippen LogP contribution in [-0.2, 0) is 4.79 Å². The van der Waals surface area contributed by atoms with Crippen LogP contribution in [0.4, 0.5) is 5.69 Å². The summed E-state index contributed by atoms with van der Waals surface area (Å²) in [5.41, 5.74) is 2.63. The molecule has 1 aliphatic rings. The molecule has 0 spiro atoms. The van der Waals surface area contributed by atoms with Crippen molar-refractivity contribution >= 4 is 29.0 Å². The Morgan fingerprint density at radius 3 is 2.35 bits per heavy atom. The second-order valence-electron chi connectivity index (χ2n) is 6.93. The highest BCUT2D eigenvalue weighted by atomic mass is 32.2. The van der Waals surface area contributed by atoms with Crippen LogP contribution in [0.15, 0.2) is 76.5 Å². The number of ketones is 2. The standard InChI is InChI=1S/C23H19N3O4S/c1-14-21(15(2)27)22(17-6-4-3-5-7-17)19(12-24)23(25-14)31-13-20(28)16-8-10-18(11-9-16)26(29)30/h3-11,22,25H,13H2,1-2H3. The summed E-state index contributed by atoms with van der Waals surface area (Å²) in [6.45, 7) is 3.25. The van der Waals surface area contributed by atoms with E-state index in [0.29, 0.717) is 27.4 Å². The van der Waals surface area contributed by atoms with Crippen LogP contribution in [0.1, 0.15) is 35.7 Å². The van der Waals surface area contributed by atoms with Gasteiger partial charge in [0.05, 0.1) is 33.3 Å². The first kappa shape index (κ1) is 22.0. The summed E-state index contributed by atoms with van der Waals surface area (Å²) in [5.74, 6) is -0.823. The number of nitriles is 1. The largest absolute Gasteiger partial charge is 0.353 e. The fourth-order valence-corrected chi connectivity index (χ4v) is 4.45. The topological polar surface area (TPSA) is 113 Å². The fraction of sp³-hybridized carbons (Fsp3) is 0.174. The number of benzene rings is 2. The van der Waals surface area contributed by atoms with Gasteiger partial charge in [-0.05, 0) is 31.5 Å². The number of nitrogens with one attached hydrogen (secondary N) is 1. The lowest BCUT2D eigenvalue weighted by atomic mass is 9.81. The third-order valence-corrected chi connectivity index (χ3v) is 5.92. The fourth-order valence-electron chi connectivity index (χ4n) is 3.46. The number of allylic oxidation sites excluding steroid dienone is 3. The highest BCUT2D eigenvalue weighted by Gasteiger charge is 2.33. The van der Waals surface area contributed by atoms with Crippen LogP contribution < -0.4 is 5.32 Å². The SMILES string of the molecule is CC(=O)C1=C(C)NC(SCC(=O)c2ccc([N+](=O)[O-])cc2)=C(C#N)C1c1ccccc1. The molecule has 8 heteroatoms. The van der Waals surface area contributed by atoms with Crippen LogP contribution in [0, 0.1) is 21.4 Å². The quantitative estimate of drug-likeness (QED) is 0.389. The Morgan fingerprint density at radius 2 is 1.81 bits per heavy atom. The van der Waals surface area contributed by atoms with E-state index in [2.05, 4.69) is 11.4 Å². The molecule has 7 nitrogen and oxygen atoms in total. The van der Waals surface area contributed by atoms with Crippen LogP contribution in [-0.4, -0.2) is 22.2 Å². The van der Waals surface area contributed by atoms with Gasteiger partial charge in [0, 0.05) is 29.0 Å². The highest BCUT2D eigenvalue weighted by Crippen LogP contribution is 2.40. The van der Waals surface area contributed by atoms with E-state index in [0.717, 1.165) is 5.56 Å². The van der Waals surface area contributed by atoms with Gasteiger partial charge in [0.15, 0.2) is 11.6 Å². The van der Waals surface area contributed by atoms with Crippen molar-refractivity contribution in [2.75, 3.05) is 5.75 Å². The molecule has 2 aromatic rings. The molecule has 1 aliphatic heterocycles. The zero-order chi connectivity index (χ0) is 22.5. The maximum Gasteiger partial charge on any atom is 0.269 e. The predicted molar refractivity (Wildman–Crippen MR) is 118 cm³/mol. The first-order valence-electron chi connectivity index (χ1n) is 9.42. The number of thioether (sulfide) groups is 1. The molecule has 0 amide bonds. The molecular formula is C23H19N3O4S. The van der Waals surface area contributed by atoms with Gasteiger partial charge in [-0.25, -0.2) is 0 Å². The van der Waals surface area contributed by atoms with Crippen molar-refractivity contribution in [2.24, 2.45) is 0 Å². The molecule has 0 bridgehead atoms. The summed E-state index contributed by atoms with van der Waals surface area (Å²) in [6.07, 6.45) is 0. The molecule has 0 aliphatic carbocycles. The third-order valence-electron chi connectivity index (χ3n) is 4.91. The molecule has 1 N–H and O–H groups in total. The van der Waals surface area contributed by atoms with Crippen LogP contribution in [0.3, 0.4) is 0 Å². The minimum absolute atomic E-state index is 0.0372. The third kappa shape index (κ3) is 4.73. The number of Topliss-reactive ketones (excluding diaryl/α,β-unsaturated/α-hetero) is 2. The number of hydrogen-bond donors (Lipinski definition) is 1. The van der Waals surface area contributed by atoms with E-state index in [1.807, 2.05) is 30.3 Å². The van der Waals surface area contributed by atoms with Crippen molar-refractivity contribution in [2.45, 2.75) is 19.8 Å². The van der Waals surface area contributed by atoms with Gasteiger partial charge >= 0.3 is 0 Å². The lowest BCUT2D eigenvalue weighted by molar-refractivity contribution is -0.384. The molecule has 1 unspecified atom stereocenters. The molecule has 0 saturated carbocycles. The molecule has 0 radical (unpaired) electrons. The molecule has 3 rings (SSSR count). The Hall–Kier alpha value is -3.70. The number of nitrogens with zero attached hydrogens (tertiary/aromatic N) is 2. The smallest absolute Gasteiger partial charge is 0.269 e. The van der Waals surface area contributed by atoms with Crippen molar-refractivity contribution in [3.05, 3.63) is 97.7 Å². The molecule has 156 valence electrons. The number of nitro benzene ring substituents is 1. The van der Waals surface area contributed by atoms with E-state index in [4.69, 9.17) is 0 Å². The summed E-state index contributed by atoms with van der Waals surface area (Å²) in [4.78, 5) is 35.2. The molecule has 1 heterocycles. The van der Waals surface area contributed by atoms with Crippen molar-refractivity contribution < 1.29 is 14.5 Å². The van der Waals surface area contributed by atoms with Gasteiger partial charge < -0.3 is 5.32 Å². The van der Waals surface area contributed by atoms with Gasteiger partial charge in [-0.3, -0.25) is 19.7 Å². The number of dihydropyridines is 1. The van der Waals surface area contributed by atoms with E-state index in [1.165, 1.54) is 43.0 Å². The van der Waals surface area contributed by atoms with Crippen molar-refractivity contribution in [3.8, 4) is 6.07 Å². The number of carbonyl (C=O) groups is 2. The van der Waals surface area contributed by atoms with Gasteiger partial charge in [0.25, 0.3) is 5.69 Å². The Kier molecular flexibility index (Phi) is 6.68. The first-order chi connectivity index (χ1) is 14.8. The second-order valence-corrected chi connectivity index (χ2v) is 7.92. The number of hydrogen-bond acceptors (Lipinski definition) is 7. The summed E-state index contributed by atoms with van der Waals surface area (Å²) < 4.78 is 0. The monoisotopic (exact) mass is 433 g/mol. The summed E-state index contributed by atoms with van der Waals surface area (Å²) in [6, 6.07) is 16.9. The Balaban J connectivity index is 1.89. The van der Waals surface area contributed by atoms with Gasteiger partial charge in [0.1, 0.15) is 0 Å². The van der Waals surface area contributed by atoms with E-state index >= 15 is 0 Å². The zero-order valence-electron chi connectivity index (χ0n) is 16.9. The Bertz CT molecular complexity index is 1150. The van der Waals surface area contributed by atoms with E-state index in [1.54, 1.807) is 6.92 Å². The minimum atomic E-state index is -0.523. The molecular weight excluding hydrogens is 414 g/mol. The summed E-state index contributed by atoms with van der Waals surface area (Å²) in [5, 5.41) is 24.3. The zero-order valence-corrected chi connectivity index (χ0v) is 17.7. The number of rotatable bonds is 7. The van der Waals surface area contributed by atoms with Crippen LogP contribution in [0.2, 0.25) is 0 Å². The van der Waals surface area contributed by atoms with Gasteiger partial charge in [0.2, 0.25) is 0 Å². The maximum atomic E-state index is 12.6.